The molecule has 0 aromatic carbocycles. The third-order valence-corrected chi connectivity index (χ3v) is 4.21. The zero-order valence-electron chi connectivity index (χ0n) is 16.9. The number of aliphatic hydroxyl groups is 2. The van der Waals surface area contributed by atoms with Crippen LogP contribution in [0.3, 0.4) is 0 Å². The second kappa shape index (κ2) is 14.5. The molecule has 1 aliphatic heterocycles. The highest BCUT2D eigenvalue weighted by molar-refractivity contribution is 5.85. The number of carbonyl (C=O) groups excluding carboxylic acids is 3. The summed E-state index contributed by atoms with van der Waals surface area (Å²) in [6.45, 7) is 3.62. The molecule has 29 heavy (non-hydrogen) atoms. The molecule has 0 aliphatic carbocycles. The lowest BCUT2D eigenvalue weighted by Gasteiger charge is -2.42. The number of halogens is 1. The lowest BCUT2D eigenvalue weighted by atomic mass is 9.96. The Morgan fingerprint density at radius 1 is 1.07 bits per heavy atom. The lowest BCUT2D eigenvalue weighted by molar-refractivity contribution is -0.261. The first kappa shape index (κ1) is 27.5. The molecule has 1 rings (SSSR count). The first-order valence-electron chi connectivity index (χ1n) is 9.70. The smallest absolute Gasteiger partial charge is 0.306 e. The molecule has 1 saturated heterocycles. The second-order valence-corrected chi connectivity index (χ2v) is 6.68. The maximum absolute atomic E-state index is 11.9. The van der Waals surface area contributed by atoms with E-state index in [1.54, 1.807) is 6.92 Å². The van der Waals surface area contributed by atoms with Crippen LogP contribution in [-0.4, -0.2) is 71.9 Å². The van der Waals surface area contributed by atoms with Crippen LogP contribution in [-0.2, 0) is 28.6 Å². The van der Waals surface area contributed by atoms with Gasteiger partial charge >= 0.3 is 11.9 Å². The van der Waals surface area contributed by atoms with Gasteiger partial charge in [-0.1, -0.05) is 13.8 Å². The molecule has 0 bridgehead atoms. The van der Waals surface area contributed by atoms with Gasteiger partial charge < -0.3 is 35.5 Å². The molecule has 11 heteroatoms. The maximum Gasteiger partial charge on any atom is 0.306 e. The fourth-order valence-electron chi connectivity index (χ4n) is 2.76. The normalized spacial score (nSPS) is 26.2. The van der Waals surface area contributed by atoms with Gasteiger partial charge in [-0.15, -0.1) is 12.4 Å². The molecule has 170 valence electrons. The number of carbonyl (C=O) groups is 3. The van der Waals surface area contributed by atoms with E-state index in [-0.39, 0.29) is 44.2 Å². The van der Waals surface area contributed by atoms with Crippen LogP contribution >= 0.6 is 12.4 Å². The Morgan fingerprint density at radius 3 is 2.31 bits per heavy atom. The summed E-state index contributed by atoms with van der Waals surface area (Å²) in [5, 5.41) is 23.3. The molecule has 10 nitrogen and oxygen atoms in total. The summed E-state index contributed by atoms with van der Waals surface area (Å²) < 4.78 is 15.8. The summed E-state index contributed by atoms with van der Waals surface area (Å²) in [6.07, 6.45) is -3.24. The van der Waals surface area contributed by atoms with Crippen molar-refractivity contribution in [3.05, 3.63) is 0 Å². The number of nitrogens with one attached hydrogen (secondary N) is 1. The van der Waals surface area contributed by atoms with Crippen molar-refractivity contribution in [3.63, 3.8) is 0 Å². The number of rotatable bonds is 11. The average molecular weight is 441 g/mol. The van der Waals surface area contributed by atoms with Gasteiger partial charge in [-0.2, -0.15) is 0 Å². The van der Waals surface area contributed by atoms with Crippen molar-refractivity contribution < 1.29 is 38.8 Å². The number of amides is 1. The monoisotopic (exact) mass is 440 g/mol. The molecule has 0 radical (unpaired) electrons. The first-order chi connectivity index (χ1) is 13.3. The van der Waals surface area contributed by atoms with Crippen molar-refractivity contribution in [3.8, 4) is 0 Å². The van der Waals surface area contributed by atoms with Crippen LogP contribution in [0.25, 0.3) is 0 Å². The Kier molecular flexibility index (Phi) is 13.8. The minimum atomic E-state index is -1.55. The summed E-state index contributed by atoms with van der Waals surface area (Å²) in [6, 6.07) is -1.18. The molecule has 1 unspecified atom stereocenters. The quantitative estimate of drug-likeness (QED) is 0.318. The van der Waals surface area contributed by atoms with Crippen LogP contribution in [0, 0.1) is 0 Å². The Labute approximate surface area is 176 Å². The molecular formula is C18H33ClN2O8. The summed E-state index contributed by atoms with van der Waals surface area (Å²) in [5.74, 6) is -1.46. The van der Waals surface area contributed by atoms with Crippen LogP contribution < -0.4 is 11.1 Å². The highest BCUT2D eigenvalue weighted by Crippen LogP contribution is 2.24. The molecule has 5 N–H and O–H groups in total. The van der Waals surface area contributed by atoms with E-state index in [9.17, 15) is 24.6 Å². The Morgan fingerprint density at radius 2 is 1.72 bits per heavy atom. The topological polar surface area (TPSA) is 157 Å². The number of nitrogens with two attached hydrogens (primary N) is 1. The third kappa shape index (κ3) is 9.26. The van der Waals surface area contributed by atoms with Gasteiger partial charge in [0.1, 0.15) is 24.9 Å². The van der Waals surface area contributed by atoms with Crippen molar-refractivity contribution in [2.45, 2.75) is 83.0 Å². The number of hydrogen-bond acceptors (Lipinski definition) is 9. The number of ether oxygens (including phenoxy) is 3. The zero-order chi connectivity index (χ0) is 21.1. The van der Waals surface area contributed by atoms with E-state index in [2.05, 4.69) is 5.32 Å². The molecule has 5 atom stereocenters. The fourth-order valence-corrected chi connectivity index (χ4v) is 2.76. The number of hydrogen-bond donors (Lipinski definition) is 4. The van der Waals surface area contributed by atoms with Gasteiger partial charge in [-0.25, -0.2) is 0 Å². The van der Waals surface area contributed by atoms with Crippen molar-refractivity contribution >= 4 is 30.3 Å². The van der Waals surface area contributed by atoms with Crippen LogP contribution in [0.5, 0.6) is 0 Å². The average Bonchev–Trinajstić information content (AvgIpc) is 2.64. The molecule has 0 aromatic rings. The zero-order valence-corrected chi connectivity index (χ0v) is 17.7. The first-order valence-corrected chi connectivity index (χ1v) is 9.70. The standard InChI is InChI=1S/C18H32N2O8.ClH/c1-3-6-12(21)20-15-16(24)17(28-14(23)7-4-2)11(27-18(15)25)10-26-13(22)8-5-9-19;/h11,15-18,24-25H,3-10,19H2,1-2H3,(H,20,21);1H/t11-,15-,16-,17-,18?;/m1./s1. The SMILES string of the molecule is CCCC(=O)N[C@H]1C(O)O[C@H](COC(=O)CCCN)[C@@H](OC(=O)CCC)[C@@H]1O.Cl. The largest absolute Gasteiger partial charge is 0.463 e. The molecular weight excluding hydrogens is 408 g/mol. The van der Waals surface area contributed by atoms with Gasteiger partial charge in [0.25, 0.3) is 0 Å². The Hall–Kier alpha value is -1.46. The van der Waals surface area contributed by atoms with Crippen molar-refractivity contribution in [2.24, 2.45) is 5.73 Å². The van der Waals surface area contributed by atoms with Crippen LogP contribution in [0.1, 0.15) is 52.4 Å². The van der Waals surface area contributed by atoms with Gasteiger partial charge in [0.2, 0.25) is 5.91 Å². The van der Waals surface area contributed by atoms with Crippen molar-refractivity contribution in [1.29, 1.82) is 0 Å². The van der Waals surface area contributed by atoms with E-state index in [1.165, 1.54) is 0 Å². The minimum absolute atomic E-state index is 0. The highest BCUT2D eigenvalue weighted by atomic mass is 35.5. The van der Waals surface area contributed by atoms with Crippen molar-refractivity contribution in [2.75, 3.05) is 13.2 Å². The van der Waals surface area contributed by atoms with E-state index < -0.39 is 42.6 Å². The van der Waals surface area contributed by atoms with E-state index in [0.717, 1.165) is 0 Å². The predicted molar refractivity (Wildman–Crippen MR) is 105 cm³/mol. The third-order valence-electron chi connectivity index (χ3n) is 4.21. The van der Waals surface area contributed by atoms with Gasteiger partial charge in [0.05, 0.1) is 0 Å². The Balaban J connectivity index is 0.00000784. The number of esters is 2. The van der Waals surface area contributed by atoms with E-state index >= 15 is 0 Å². The van der Waals surface area contributed by atoms with E-state index in [1.807, 2.05) is 6.92 Å². The Bertz CT molecular complexity index is 522. The molecule has 0 saturated carbocycles. The van der Waals surface area contributed by atoms with Crippen LogP contribution in [0.2, 0.25) is 0 Å². The van der Waals surface area contributed by atoms with Crippen LogP contribution in [0.15, 0.2) is 0 Å². The summed E-state index contributed by atoms with van der Waals surface area (Å²) in [7, 11) is 0. The summed E-state index contributed by atoms with van der Waals surface area (Å²) in [4.78, 5) is 35.5. The molecule has 1 heterocycles. The van der Waals surface area contributed by atoms with E-state index in [4.69, 9.17) is 19.9 Å². The number of aliphatic hydroxyl groups excluding tert-OH is 2. The summed E-state index contributed by atoms with van der Waals surface area (Å²) >= 11 is 0. The lowest BCUT2D eigenvalue weighted by Crippen LogP contribution is -2.65. The van der Waals surface area contributed by atoms with Gasteiger partial charge in [0.15, 0.2) is 12.4 Å². The van der Waals surface area contributed by atoms with Crippen LogP contribution in [0.4, 0.5) is 0 Å². The van der Waals surface area contributed by atoms with Gasteiger partial charge in [0, 0.05) is 19.3 Å². The summed E-state index contributed by atoms with van der Waals surface area (Å²) in [5.41, 5.74) is 5.34. The molecule has 1 fully saturated rings. The fraction of sp³-hybridized carbons (Fsp3) is 0.833. The second-order valence-electron chi connectivity index (χ2n) is 6.68. The molecule has 1 aliphatic rings. The van der Waals surface area contributed by atoms with Gasteiger partial charge in [-0.05, 0) is 25.8 Å². The highest BCUT2D eigenvalue weighted by Gasteiger charge is 2.47. The van der Waals surface area contributed by atoms with E-state index in [0.29, 0.717) is 25.8 Å². The maximum atomic E-state index is 11.9. The minimum Gasteiger partial charge on any atom is -0.463 e. The van der Waals surface area contributed by atoms with Crippen molar-refractivity contribution in [1.82, 2.24) is 5.32 Å². The molecule has 0 aromatic heterocycles. The predicted octanol–water partition coefficient (Wildman–Crippen LogP) is -0.235. The molecule has 0 spiro atoms. The van der Waals surface area contributed by atoms with Gasteiger partial charge in [-0.3, -0.25) is 14.4 Å². The molecule has 1 amide bonds.